The molecule has 0 aliphatic carbocycles. The molecule has 0 atom stereocenters. The van der Waals surface area contributed by atoms with Gasteiger partial charge < -0.3 is 9.84 Å². The lowest BCUT2D eigenvalue weighted by Crippen LogP contribution is -2.13. The molecule has 0 fully saturated rings. The smallest absolute Gasteiger partial charge is 0.123 e. The molecule has 0 unspecified atom stereocenters. The Morgan fingerprint density at radius 1 is 0.710 bits per heavy atom. The van der Waals surface area contributed by atoms with Gasteiger partial charge in [-0.05, 0) is 52.8 Å². The minimum atomic E-state index is -0.00609. The topological polar surface area (TPSA) is 29.5 Å². The van der Waals surface area contributed by atoms with Crippen LogP contribution in [-0.2, 0) is 17.4 Å². The molecule has 0 aliphatic heterocycles. The van der Waals surface area contributed by atoms with E-state index in [9.17, 15) is 5.11 Å². The number of rotatable bonds is 3. The van der Waals surface area contributed by atoms with Crippen molar-refractivity contribution in [2.45, 2.75) is 59.0 Å². The molecule has 0 spiro atoms. The van der Waals surface area contributed by atoms with E-state index in [-0.39, 0.29) is 10.8 Å². The van der Waals surface area contributed by atoms with Crippen LogP contribution in [0.25, 0.3) is 0 Å². The largest absolute Gasteiger partial charge is 0.508 e. The van der Waals surface area contributed by atoms with E-state index in [4.69, 9.17) is 4.74 Å². The predicted molar refractivity (Wildman–Crippen MR) is 138 cm³/mol. The standard InChI is InChI=1S/C17H19BrO.C10H13BrO/c1-17(2,3)15-11-14(18)9-10-16(15)19-12-13-7-5-4-6-8-13;1-10(2,3)8-6-7(11)4-5-9(8)12/h4-11H,12H2,1-3H3;4-6,12H,1-3H3. The third-order valence-corrected chi connectivity index (χ3v) is 5.74. The fourth-order valence-electron chi connectivity index (χ4n) is 3.06. The molecule has 0 saturated carbocycles. The summed E-state index contributed by atoms with van der Waals surface area (Å²) in [5.74, 6) is 1.32. The van der Waals surface area contributed by atoms with Gasteiger partial charge in [-0.3, -0.25) is 0 Å². The van der Waals surface area contributed by atoms with Crippen LogP contribution >= 0.6 is 31.9 Å². The minimum Gasteiger partial charge on any atom is -0.508 e. The second-order valence-corrected chi connectivity index (χ2v) is 11.4. The highest BCUT2D eigenvalue weighted by molar-refractivity contribution is 9.10. The van der Waals surface area contributed by atoms with Crippen LogP contribution < -0.4 is 4.74 Å². The van der Waals surface area contributed by atoms with Gasteiger partial charge in [-0.2, -0.15) is 0 Å². The van der Waals surface area contributed by atoms with E-state index >= 15 is 0 Å². The van der Waals surface area contributed by atoms with Gasteiger partial charge in [0.2, 0.25) is 0 Å². The Bertz CT molecular complexity index is 984. The van der Waals surface area contributed by atoms with Gasteiger partial charge in [0.15, 0.2) is 0 Å². The first-order chi connectivity index (χ1) is 14.4. The lowest BCUT2D eigenvalue weighted by Gasteiger charge is -2.23. The Hall–Kier alpha value is -1.78. The molecule has 0 amide bonds. The average Bonchev–Trinajstić information content (AvgIpc) is 2.68. The molecular weight excluding hydrogens is 516 g/mol. The summed E-state index contributed by atoms with van der Waals surface area (Å²) in [5, 5.41) is 9.55. The van der Waals surface area contributed by atoms with Crippen molar-refractivity contribution in [3.05, 3.63) is 92.4 Å². The molecule has 3 aromatic carbocycles. The molecule has 0 bridgehead atoms. The van der Waals surface area contributed by atoms with Crippen molar-refractivity contribution in [3.63, 3.8) is 0 Å². The normalized spacial score (nSPS) is 11.5. The molecule has 3 aromatic rings. The number of aromatic hydroxyl groups is 1. The number of phenols is 1. The summed E-state index contributed by atoms with van der Waals surface area (Å²) in [6.45, 7) is 13.4. The quantitative estimate of drug-likeness (QED) is 0.355. The second kappa shape index (κ2) is 10.7. The van der Waals surface area contributed by atoms with Gasteiger partial charge in [0.1, 0.15) is 18.1 Å². The molecule has 0 aliphatic rings. The lowest BCUT2D eigenvalue weighted by molar-refractivity contribution is 0.297. The third-order valence-electron chi connectivity index (χ3n) is 4.75. The lowest BCUT2D eigenvalue weighted by atomic mass is 9.86. The molecule has 31 heavy (non-hydrogen) atoms. The Morgan fingerprint density at radius 2 is 1.23 bits per heavy atom. The average molecular weight is 548 g/mol. The Kier molecular flexibility index (Phi) is 8.79. The third kappa shape index (κ3) is 8.01. The summed E-state index contributed by atoms with van der Waals surface area (Å²) in [6.07, 6.45) is 0. The van der Waals surface area contributed by atoms with E-state index in [1.807, 2.05) is 42.5 Å². The zero-order valence-electron chi connectivity index (χ0n) is 19.2. The Balaban J connectivity index is 0.000000245. The van der Waals surface area contributed by atoms with E-state index in [0.29, 0.717) is 12.4 Å². The number of hydrogen-bond donors (Lipinski definition) is 1. The summed E-state index contributed by atoms with van der Waals surface area (Å²) in [4.78, 5) is 0. The fourth-order valence-corrected chi connectivity index (χ4v) is 3.78. The summed E-state index contributed by atoms with van der Waals surface area (Å²) >= 11 is 6.91. The van der Waals surface area contributed by atoms with Gasteiger partial charge in [0, 0.05) is 20.1 Å². The first-order valence-electron chi connectivity index (χ1n) is 10.3. The number of ether oxygens (including phenoxy) is 1. The van der Waals surface area contributed by atoms with E-state index in [2.05, 4.69) is 91.6 Å². The van der Waals surface area contributed by atoms with E-state index in [0.717, 1.165) is 20.3 Å². The van der Waals surface area contributed by atoms with Crippen LogP contribution in [0, 0.1) is 0 Å². The maximum absolute atomic E-state index is 9.55. The van der Waals surface area contributed by atoms with Gasteiger partial charge in [0.25, 0.3) is 0 Å². The van der Waals surface area contributed by atoms with Crippen LogP contribution in [0.15, 0.2) is 75.7 Å². The highest BCUT2D eigenvalue weighted by Gasteiger charge is 2.19. The van der Waals surface area contributed by atoms with Crippen LogP contribution in [0.4, 0.5) is 0 Å². The van der Waals surface area contributed by atoms with Crippen LogP contribution in [0.2, 0.25) is 0 Å². The molecule has 166 valence electrons. The van der Waals surface area contributed by atoms with Crippen LogP contribution in [0.5, 0.6) is 11.5 Å². The van der Waals surface area contributed by atoms with Crippen molar-refractivity contribution in [2.24, 2.45) is 0 Å². The summed E-state index contributed by atoms with van der Waals surface area (Å²) in [6, 6.07) is 21.9. The Labute approximate surface area is 203 Å². The predicted octanol–water partition coefficient (Wildman–Crippen LogP) is 8.78. The van der Waals surface area contributed by atoms with Gasteiger partial charge in [-0.25, -0.2) is 0 Å². The highest BCUT2D eigenvalue weighted by Crippen LogP contribution is 2.34. The summed E-state index contributed by atoms with van der Waals surface area (Å²) in [5.41, 5.74) is 3.43. The monoisotopic (exact) mass is 546 g/mol. The molecular formula is C27H32Br2O2. The van der Waals surface area contributed by atoms with Crippen molar-refractivity contribution >= 4 is 31.9 Å². The fraction of sp³-hybridized carbons (Fsp3) is 0.333. The molecule has 4 heteroatoms. The maximum atomic E-state index is 9.55. The zero-order chi connectivity index (χ0) is 23.2. The van der Waals surface area contributed by atoms with Gasteiger partial charge in [-0.1, -0.05) is 104 Å². The number of hydrogen-bond acceptors (Lipinski definition) is 2. The molecule has 0 aromatic heterocycles. The maximum Gasteiger partial charge on any atom is 0.123 e. The van der Waals surface area contributed by atoms with Gasteiger partial charge in [0.05, 0.1) is 0 Å². The summed E-state index contributed by atoms with van der Waals surface area (Å²) < 4.78 is 8.08. The Morgan fingerprint density at radius 3 is 1.74 bits per heavy atom. The van der Waals surface area contributed by atoms with E-state index in [1.54, 1.807) is 6.07 Å². The number of halogens is 2. The SMILES string of the molecule is CC(C)(C)c1cc(Br)ccc1O.CC(C)(C)c1cc(Br)ccc1OCc1ccccc1. The molecule has 0 heterocycles. The molecule has 1 N–H and O–H groups in total. The van der Waals surface area contributed by atoms with E-state index < -0.39 is 0 Å². The first-order valence-corrected chi connectivity index (χ1v) is 11.9. The van der Waals surface area contributed by atoms with Gasteiger partial charge in [-0.15, -0.1) is 0 Å². The minimum absolute atomic E-state index is 0.00609. The molecule has 0 saturated heterocycles. The van der Waals surface area contributed by atoms with Gasteiger partial charge >= 0.3 is 0 Å². The number of benzene rings is 3. The van der Waals surface area contributed by atoms with Crippen molar-refractivity contribution < 1.29 is 9.84 Å². The molecule has 3 rings (SSSR count). The molecule has 0 radical (unpaired) electrons. The van der Waals surface area contributed by atoms with Crippen LogP contribution in [0.3, 0.4) is 0 Å². The summed E-state index contributed by atoms with van der Waals surface area (Å²) in [7, 11) is 0. The van der Waals surface area contributed by atoms with E-state index in [1.165, 1.54) is 11.1 Å². The van der Waals surface area contributed by atoms with Crippen molar-refractivity contribution in [1.82, 2.24) is 0 Å². The highest BCUT2D eigenvalue weighted by atomic mass is 79.9. The molecule has 2 nitrogen and oxygen atoms in total. The second-order valence-electron chi connectivity index (χ2n) is 9.58. The van der Waals surface area contributed by atoms with Crippen molar-refractivity contribution in [3.8, 4) is 11.5 Å². The van der Waals surface area contributed by atoms with Crippen molar-refractivity contribution in [2.75, 3.05) is 0 Å². The first kappa shape index (κ1) is 25.5. The van der Waals surface area contributed by atoms with Crippen molar-refractivity contribution in [1.29, 1.82) is 0 Å². The van der Waals surface area contributed by atoms with Crippen LogP contribution in [0.1, 0.15) is 58.2 Å². The number of phenolic OH excluding ortho intramolecular Hbond substituents is 1. The van der Waals surface area contributed by atoms with Crippen LogP contribution in [-0.4, -0.2) is 5.11 Å². The zero-order valence-corrected chi connectivity index (χ0v) is 22.3.